The SMILES string of the molecule is CCOc1cc([C@H](CS(C)(=O)=O)N2C(=O)c3cccc(NC(=O)CO)c3C2=O)ccc1OC. The molecule has 176 valence electrons. The number of methoxy groups -OCH3 is 1. The second-order valence-corrected chi connectivity index (χ2v) is 9.55. The van der Waals surface area contributed by atoms with E-state index in [9.17, 15) is 22.8 Å². The largest absolute Gasteiger partial charge is 0.493 e. The van der Waals surface area contributed by atoms with Gasteiger partial charge in [0.2, 0.25) is 5.91 Å². The maximum atomic E-state index is 13.4. The van der Waals surface area contributed by atoms with Gasteiger partial charge in [-0.15, -0.1) is 0 Å². The number of anilines is 1. The number of nitrogens with one attached hydrogen (secondary N) is 1. The first-order valence-electron chi connectivity index (χ1n) is 10.0. The first kappa shape index (κ1) is 24.2. The van der Waals surface area contributed by atoms with Crippen LogP contribution in [0.2, 0.25) is 0 Å². The molecule has 0 unspecified atom stereocenters. The van der Waals surface area contributed by atoms with Gasteiger partial charge >= 0.3 is 0 Å². The van der Waals surface area contributed by atoms with Gasteiger partial charge in [-0.2, -0.15) is 0 Å². The quantitative estimate of drug-likeness (QED) is 0.518. The molecule has 33 heavy (non-hydrogen) atoms. The average molecular weight is 477 g/mol. The normalized spacial score (nSPS) is 14.1. The lowest BCUT2D eigenvalue weighted by Gasteiger charge is -2.27. The number of benzene rings is 2. The monoisotopic (exact) mass is 476 g/mol. The maximum Gasteiger partial charge on any atom is 0.264 e. The number of nitrogens with zero attached hydrogens (tertiary/aromatic N) is 1. The highest BCUT2D eigenvalue weighted by Gasteiger charge is 2.43. The minimum atomic E-state index is -3.64. The molecule has 2 N–H and O–H groups in total. The van der Waals surface area contributed by atoms with Gasteiger partial charge in [0.1, 0.15) is 16.4 Å². The molecule has 1 heterocycles. The molecule has 0 saturated heterocycles. The van der Waals surface area contributed by atoms with E-state index in [1.54, 1.807) is 19.1 Å². The number of aliphatic hydroxyl groups excluding tert-OH is 1. The molecule has 3 amide bonds. The molecule has 0 radical (unpaired) electrons. The number of imide groups is 1. The van der Waals surface area contributed by atoms with Crippen LogP contribution in [-0.2, 0) is 14.6 Å². The van der Waals surface area contributed by atoms with Crippen molar-refractivity contribution >= 4 is 33.2 Å². The van der Waals surface area contributed by atoms with Gasteiger partial charge in [-0.25, -0.2) is 8.42 Å². The average Bonchev–Trinajstić information content (AvgIpc) is 3.02. The van der Waals surface area contributed by atoms with Crippen molar-refractivity contribution in [3.63, 3.8) is 0 Å². The Morgan fingerprint density at radius 3 is 2.48 bits per heavy atom. The Balaban J connectivity index is 2.12. The summed E-state index contributed by atoms with van der Waals surface area (Å²) in [6.07, 6.45) is 1.01. The van der Waals surface area contributed by atoms with Crippen LogP contribution in [0.25, 0.3) is 0 Å². The number of fused-ring (bicyclic) bond motifs is 1. The smallest absolute Gasteiger partial charge is 0.264 e. The highest BCUT2D eigenvalue weighted by molar-refractivity contribution is 7.90. The molecule has 0 bridgehead atoms. The fraction of sp³-hybridized carbons (Fsp3) is 0.318. The fourth-order valence-corrected chi connectivity index (χ4v) is 4.57. The molecule has 0 fully saturated rings. The number of hydrogen-bond donors (Lipinski definition) is 2. The van der Waals surface area contributed by atoms with Gasteiger partial charge in [0.05, 0.1) is 42.3 Å². The van der Waals surface area contributed by atoms with Crippen LogP contribution >= 0.6 is 0 Å². The van der Waals surface area contributed by atoms with E-state index in [-0.39, 0.29) is 16.8 Å². The van der Waals surface area contributed by atoms with Gasteiger partial charge in [-0.1, -0.05) is 12.1 Å². The molecule has 1 atom stereocenters. The number of amides is 3. The Morgan fingerprint density at radius 2 is 1.88 bits per heavy atom. The van der Waals surface area contributed by atoms with Crippen LogP contribution in [0.1, 0.15) is 39.2 Å². The van der Waals surface area contributed by atoms with Crippen LogP contribution in [0.15, 0.2) is 36.4 Å². The third-order valence-electron chi connectivity index (χ3n) is 5.01. The molecule has 0 saturated carbocycles. The Kier molecular flexibility index (Phi) is 7.04. The molecule has 0 spiro atoms. The summed E-state index contributed by atoms with van der Waals surface area (Å²) in [5.41, 5.74) is 0.365. The van der Waals surface area contributed by atoms with Crippen molar-refractivity contribution in [1.29, 1.82) is 0 Å². The number of rotatable bonds is 9. The maximum absolute atomic E-state index is 13.4. The lowest BCUT2D eigenvalue weighted by Crippen LogP contribution is -2.37. The Morgan fingerprint density at radius 1 is 1.15 bits per heavy atom. The van der Waals surface area contributed by atoms with Gasteiger partial charge in [0.15, 0.2) is 11.5 Å². The molecule has 11 heteroatoms. The topological polar surface area (TPSA) is 139 Å². The van der Waals surface area contributed by atoms with Crippen molar-refractivity contribution < 1.29 is 37.4 Å². The third kappa shape index (κ3) is 4.99. The summed E-state index contributed by atoms with van der Waals surface area (Å²) in [5.74, 6) is -1.98. The molecule has 10 nitrogen and oxygen atoms in total. The molecular formula is C22H24N2O8S. The van der Waals surface area contributed by atoms with Crippen molar-refractivity contribution in [1.82, 2.24) is 4.90 Å². The molecule has 3 rings (SSSR count). The first-order valence-corrected chi connectivity index (χ1v) is 12.1. The van der Waals surface area contributed by atoms with E-state index < -0.39 is 46.0 Å². The van der Waals surface area contributed by atoms with Gasteiger partial charge < -0.3 is 19.9 Å². The summed E-state index contributed by atoms with van der Waals surface area (Å²) in [7, 11) is -2.18. The summed E-state index contributed by atoms with van der Waals surface area (Å²) >= 11 is 0. The predicted molar refractivity (Wildman–Crippen MR) is 119 cm³/mol. The number of aliphatic hydroxyl groups is 1. The van der Waals surface area contributed by atoms with Crippen molar-refractivity contribution in [3.8, 4) is 11.5 Å². The molecule has 1 aliphatic heterocycles. The molecule has 1 aliphatic rings. The lowest BCUT2D eigenvalue weighted by molar-refractivity contribution is -0.118. The third-order valence-corrected chi connectivity index (χ3v) is 5.93. The zero-order valence-electron chi connectivity index (χ0n) is 18.3. The summed E-state index contributed by atoms with van der Waals surface area (Å²) in [4.78, 5) is 39.2. The number of carbonyl (C=O) groups excluding carboxylic acids is 3. The van der Waals surface area contributed by atoms with Crippen molar-refractivity contribution in [2.45, 2.75) is 13.0 Å². The summed E-state index contributed by atoms with van der Waals surface area (Å²) in [6.45, 7) is 1.28. The van der Waals surface area contributed by atoms with E-state index in [1.807, 2.05) is 0 Å². The second kappa shape index (κ2) is 9.59. The molecule has 0 aromatic heterocycles. The Hall–Kier alpha value is -3.44. The number of ether oxygens (including phenoxy) is 2. The zero-order valence-corrected chi connectivity index (χ0v) is 19.1. The zero-order chi connectivity index (χ0) is 24.3. The van der Waals surface area contributed by atoms with Crippen LogP contribution in [-0.4, -0.2) is 68.5 Å². The highest BCUT2D eigenvalue weighted by Crippen LogP contribution is 2.38. The van der Waals surface area contributed by atoms with Crippen molar-refractivity contribution in [2.75, 3.05) is 37.6 Å². The van der Waals surface area contributed by atoms with E-state index in [1.165, 1.54) is 31.4 Å². The summed E-state index contributed by atoms with van der Waals surface area (Å²) < 4.78 is 35.3. The minimum absolute atomic E-state index is 0.0211. The number of carbonyl (C=O) groups is 3. The van der Waals surface area contributed by atoms with E-state index >= 15 is 0 Å². The molecular weight excluding hydrogens is 452 g/mol. The predicted octanol–water partition coefficient (Wildman–Crippen LogP) is 1.41. The fourth-order valence-electron chi connectivity index (χ4n) is 3.66. The Labute approximate surface area is 191 Å². The van der Waals surface area contributed by atoms with Gasteiger partial charge in [-0.3, -0.25) is 19.3 Å². The van der Waals surface area contributed by atoms with Crippen molar-refractivity contribution in [3.05, 3.63) is 53.1 Å². The molecule has 0 aliphatic carbocycles. The van der Waals surface area contributed by atoms with E-state index in [4.69, 9.17) is 14.6 Å². The lowest BCUT2D eigenvalue weighted by atomic mass is 10.1. The summed E-state index contributed by atoms with van der Waals surface area (Å²) in [5, 5.41) is 11.4. The first-order chi connectivity index (χ1) is 15.6. The van der Waals surface area contributed by atoms with Crippen LogP contribution in [0.4, 0.5) is 5.69 Å². The van der Waals surface area contributed by atoms with Gasteiger partial charge in [0, 0.05) is 6.26 Å². The number of sulfone groups is 1. The minimum Gasteiger partial charge on any atom is -0.493 e. The van der Waals surface area contributed by atoms with E-state index in [2.05, 4.69) is 5.32 Å². The van der Waals surface area contributed by atoms with Crippen LogP contribution < -0.4 is 14.8 Å². The van der Waals surface area contributed by atoms with E-state index in [0.29, 0.717) is 23.7 Å². The highest BCUT2D eigenvalue weighted by atomic mass is 32.2. The van der Waals surface area contributed by atoms with Crippen LogP contribution in [0.5, 0.6) is 11.5 Å². The van der Waals surface area contributed by atoms with Gasteiger partial charge in [-0.05, 0) is 36.8 Å². The standard InChI is InChI=1S/C22H24N2O8S/c1-4-32-18-10-13(8-9-17(18)31-2)16(12-33(3,29)30)24-21(27)14-6-5-7-15(20(14)22(24)28)23-19(26)11-25/h5-10,16,25H,4,11-12H2,1-3H3,(H,23,26)/t16-/m0/s1. The molecule has 2 aromatic rings. The van der Waals surface area contributed by atoms with Crippen LogP contribution in [0.3, 0.4) is 0 Å². The Bertz CT molecular complexity index is 1210. The van der Waals surface area contributed by atoms with Gasteiger partial charge in [0.25, 0.3) is 11.8 Å². The van der Waals surface area contributed by atoms with Crippen LogP contribution in [0, 0.1) is 0 Å². The number of hydrogen-bond acceptors (Lipinski definition) is 8. The van der Waals surface area contributed by atoms with Crippen molar-refractivity contribution in [2.24, 2.45) is 0 Å². The second-order valence-electron chi connectivity index (χ2n) is 7.37. The van der Waals surface area contributed by atoms with E-state index in [0.717, 1.165) is 11.2 Å². The summed E-state index contributed by atoms with van der Waals surface area (Å²) in [6, 6.07) is 7.84. The molecule has 2 aromatic carbocycles.